The van der Waals surface area contributed by atoms with Gasteiger partial charge in [0.2, 0.25) is 5.91 Å². The number of amides is 1. The third-order valence-corrected chi connectivity index (χ3v) is 5.99. The molecule has 158 valence electrons. The molecule has 4 nitrogen and oxygen atoms in total. The molecule has 0 aliphatic rings. The number of benzene rings is 3. The highest BCUT2D eigenvalue weighted by atomic mass is 16.1. The molecule has 4 heteroatoms. The first kappa shape index (κ1) is 20.0. The largest absolute Gasteiger partial charge is 0.361 e. The van der Waals surface area contributed by atoms with Gasteiger partial charge < -0.3 is 10.3 Å². The monoisotopic (exact) mass is 419 g/mol. The average molecular weight is 420 g/mol. The molecule has 0 aliphatic heterocycles. The first-order valence-corrected chi connectivity index (χ1v) is 11.0. The second-order valence-corrected chi connectivity index (χ2v) is 8.07. The van der Waals surface area contributed by atoms with E-state index in [0.29, 0.717) is 13.0 Å². The van der Waals surface area contributed by atoms with Crippen molar-refractivity contribution in [2.75, 3.05) is 6.54 Å². The molecule has 3 aromatic carbocycles. The van der Waals surface area contributed by atoms with Crippen molar-refractivity contribution >= 4 is 27.7 Å². The number of aromatic amines is 1. The third-order valence-electron chi connectivity index (χ3n) is 5.99. The molecule has 0 spiro atoms. The van der Waals surface area contributed by atoms with Gasteiger partial charge in [-0.2, -0.15) is 0 Å². The average Bonchev–Trinajstić information content (AvgIpc) is 3.23. The number of nitrogens with zero attached hydrogens (tertiary/aromatic N) is 1. The summed E-state index contributed by atoms with van der Waals surface area (Å²) in [4.78, 5) is 21.0. The molecule has 2 heterocycles. The fourth-order valence-corrected chi connectivity index (χ4v) is 4.42. The van der Waals surface area contributed by atoms with Crippen molar-refractivity contribution in [3.05, 3.63) is 102 Å². The molecule has 32 heavy (non-hydrogen) atoms. The van der Waals surface area contributed by atoms with Gasteiger partial charge in [0, 0.05) is 34.7 Å². The number of rotatable bonds is 6. The zero-order chi connectivity index (χ0) is 21.9. The standard InChI is InChI=1S/C28H25N3O/c1-19-24(17-27(32)29-16-15-21-18-30-25-13-7-5-11-22(21)25)28(20-9-3-2-4-10-20)23-12-6-8-14-26(23)31-19/h2-14,18,30H,15-17H2,1H3,(H,29,32). The number of nitrogens with one attached hydrogen (secondary N) is 2. The van der Waals surface area contributed by atoms with Gasteiger partial charge in [0.05, 0.1) is 11.9 Å². The van der Waals surface area contributed by atoms with Crippen LogP contribution in [-0.2, 0) is 17.6 Å². The Hall–Kier alpha value is -3.92. The number of carbonyl (C=O) groups is 1. The summed E-state index contributed by atoms with van der Waals surface area (Å²) < 4.78 is 0. The maximum atomic E-state index is 12.9. The van der Waals surface area contributed by atoms with Crippen LogP contribution >= 0.6 is 0 Å². The van der Waals surface area contributed by atoms with Gasteiger partial charge in [-0.05, 0) is 47.7 Å². The number of H-pyrrole nitrogens is 1. The molecule has 0 saturated heterocycles. The molecule has 0 aliphatic carbocycles. The molecular formula is C28H25N3O. The topological polar surface area (TPSA) is 57.8 Å². The van der Waals surface area contributed by atoms with Crippen LogP contribution in [0.4, 0.5) is 0 Å². The van der Waals surface area contributed by atoms with Crippen molar-refractivity contribution in [3.63, 3.8) is 0 Å². The number of fused-ring (bicyclic) bond motifs is 2. The number of pyridine rings is 1. The third kappa shape index (κ3) is 3.87. The first-order valence-electron chi connectivity index (χ1n) is 11.0. The molecule has 0 radical (unpaired) electrons. The highest BCUT2D eigenvalue weighted by Gasteiger charge is 2.17. The molecule has 2 N–H and O–H groups in total. The number of aryl methyl sites for hydroxylation is 1. The van der Waals surface area contributed by atoms with Gasteiger partial charge in [0.25, 0.3) is 0 Å². The predicted octanol–water partition coefficient (Wildman–Crippen LogP) is 5.59. The van der Waals surface area contributed by atoms with Gasteiger partial charge in [-0.25, -0.2) is 0 Å². The fraction of sp³-hybridized carbons (Fsp3) is 0.143. The number of hydrogen-bond acceptors (Lipinski definition) is 2. The molecule has 1 amide bonds. The van der Waals surface area contributed by atoms with Crippen molar-refractivity contribution in [2.24, 2.45) is 0 Å². The second-order valence-electron chi connectivity index (χ2n) is 8.07. The smallest absolute Gasteiger partial charge is 0.224 e. The number of aromatic nitrogens is 2. The highest BCUT2D eigenvalue weighted by Crippen LogP contribution is 2.33. The summed E-state index contributed by atoms with van der Waals surface area (Å²) in [5.41, 5.74) is 7.38. The summed E-state index contributed by atoms with van der Waals surface area (Å²) in [7, 11) is 0. The summed E-state index contributed by atoms with van der Waals surface area (Å²) in [6, 6.07) is 26.6. The second kappa shape index (κ2) is 8.67. The van der Waals surface area contributed by atoms with Crippen LogP contribution in [0.25, 0.3) is 32.9 Å². The summed E-state index contributed by atoms with van der Waals surface area (Å²) >= 11 is 0. The van der Waals surface area contributed by atoms with E-state index in [-0.39, 0.29) is 5.91 Å². The Labute approximate surface area is 187 Å². The molecular weight excluding hydrogens is 394 g/mol. The Morgan fingerprint density at radius 3 is 2.47 bits per heavy atom. The maximum absolute atomic E-state index is 12.9. The zero-order valence-corrected chi connectivity index (χ0v) is 18.1. The van der Waals surface area contributed by atoms with Crippen LogP contribution in [0.15, 0.2) is 85.1 Å². The molecule has 5 aromatic rings. The van der Waals surface area contributed by atoms with E-state index >= 15 is 0 Å². The van der Waals surface area contributed by atoms with Gasteiger partial charge in [-0.1, -0.05) is 66.7 Å². The SMILES string of the molecule is Cc1nc2ccccc2c(-c2ccccc2)c1CC(=O)NCCc1c[nH]c2ccccc12. The number of carbonyl (C=O) groups excluding carboxylic acids is 1. The molecule has 5 rings (SSSR count). The minimum Gasteiger partial charge on any atom is -0.361 e. The van der Waals surface area contributed by atoms with Gasteiger partial charge in [0.15, 0.2) is 0 Å². The fourth-order valence-electron chi connectivity index (χ4n) is 4.42. The first-order chi connectivity index (χ1) is 15.7. The van der Waals surface area contributed by atoms with Gasteiger partial charge >= 0.3 is 0 Å². The number of hydrogen-bond donors (Lipinski definition) is 2. The van der Waals surface area contributed by atoms with E-state index in [1.807, 2.05) is 61.7 Å². The maximum Gasteiger partial charge on any atom is 0.224 e. The lowest BCUT2D eigenvalue weighted by Gasteiger charge is -2.16. The van der Waals surface area contributed by atoms with Crippen LogP contribution in [-0.4, -0.2) is 22.4 Å². The van der Waals surface area contributed by atoms with Crippen LogP contribution < -0.4 is 5.32 Å². The van der Waals surface area contributed by atoms with E-state index in [0.717, 1.165) is 45.2 Å². The van der Waals surface area contributed by atoms with E-state index in [9.17, 15) is 4.79 Å². The molecule has 0 unspecified atom stereocenters. The summed E-state index contributed by atoms with van der Waals surface area (Å²) in [6.07, 6.45) is 3.12. The minimum atomic E-state index is 0.0159. The van der Waals surface area contributed by atoms with Crippen molar-refractivity contribution in [1.82, 2.24) is 15.3 Å². The van der Waals surface area contributed by atoms with Gasteiger partial charge in [-0.3, -0.25) is 9.78 Å². The lowest BCUT2D eigenvalue weighted by atomic mass is 9.92. The van der Waals surface area contributed by atoms with Crippen LogP contribution in [0.3, 0.4) is 0 Å². The Bertz CT molecular complexity index is 1400. The Balaban J connectivity index is 1.38. The predicted molar refractivity (Wildman–Crippen MR) is 131 cm³/mol. The Kier molecular flexibility index (Phi) is 5.42. The van der Waals surface area contributed by atoms with Crippen molar-refractivity contribution in [2.45, 2.75) is 19.8 Å². The molecule has 2 aromatic heterocycles. The highest BCUT2D eigenvalue weighted by molar-refractivity contribution is 5.98. The molecule has 0 fully saturated rings. The van der Waals surface area contributed by atoms with Crippen LogP contribution in [0, 0.1) is 6.92 Å². The lowest BCUT2D eigenvalue weighted by Crippen LogP contribution is -2.27. The van der Waals surface area contributed by atoms with E-state index in [2.05, 4.69) is 40.6 Å². The van der Waals surface area contributed by atoms with E-state index in [4.69, 9.17) is 4.98 Å². The van der Waals surface area contributed by atoms with Crippen molar-refractivity contribution < 1.29 is 4.79 Å². The summed E-state index contributed by atoms with van der Waals surface area (Å²) in [6.45, 7) is 2.59. The van der Waals surface area contributed by atoms with Gasteiger partial charge in [0.1, 0.15) is 0 Å². The summed E-state index contributed by atoms with van der Waals surface area (Å²) in [5, 5.41) is 5.39. The van der Waals surface area contributed by atoms with Gasteiger partial charge in [-0.15, -0.1) is 0 Å². The van der Waals surface area contributed by atoms with E-state index in [1.165, 1.54) is 10.9 Å². The molecule has 0 saturated carbocycles. The molecule has 0 atom stereocenters. The van der Waals surface area contributed by atoms with Crippen LogP contribution in [0.2, 0.25) is 0 Å². The van der Waals surface area contributed by atoms with Crippen molar-refractivity contribution in [3.8, 4) is 11.1 Å². The Morgan fingerprint density at radius 2 is 1.62 bits per heavy atom. The van der Waals surface area contributed by atoms with E-state index in [1.54, 1.807) is 0 Å². The van der Waals surface area contributed by atoms with Crippen LogP contribution in [0.1, 0.15) is 16.8 Å². The number of para-hydroxylation sites is 2. The Morgan fingerprint density at radius 1 is 0.906 bits per heavy atom. The quantitative estimate of drug-likeness (QED) is 0.377. The lowest BCUT2D eigenvalue weighted by molar-refractivity contribution is -0.120. The normalized spacial score (nSPS) is 11.2. The zero-order valence-electron chi connectivity index (χ0n) is 18.1. The van der Waals surface area contributed by atoms with E-state index < -0.39 is 0 Å². The minimum absolute atomic E-state index is 0.0159. The molecule has 0 bridgehead atoms. The van der Waals surface area contributed by atoms with Crippen molar-refractivity contribution in [1.29, 1.82) is 0 Å². The summed E-state index contributed by atoms with van der Waals surface area (Å²) in [5.74, 6) is 0.0159. The van der Waals surface area contributed by atoms with Crippen LogP contribution in [0.5, 0.6) is 0 Å².